The van der Waals surface area contributed by atoms with E-state index < -0.39 is 11.8 Å². The van der Waals surface area contributed by atoms with Crippen LogP contribution in [-0.4, -0.2) is 11.8 Å². The van der Waals surface area contributed by atoms with Gasteiger partial charge in [0.05, 0.1) is 5.69 Å². The third-order valence-corrected chi connectivity index (χ3v) is 3.64. The minimum atomic E-state index is -0.712. The highest BCUT2D eigenvalue weighted by Crippen LogP contribution is 2.20. The smallest absolute Gasteiger partial charge is 0.313 e. The summed E-state index contributed by atoms with van der Waals surface area (Å²) in [6, 6.07) is 14.1. The van der Waals surface area contributed by atoms with Gasteiger partial charge in [0.2, 0.25) is 0 Å². The van der Waals surface area contributed by atoms with Gasteiger partial charge in [-0.3, -0.25) is 9.59 Å². The Hall–Kier alpha value is -1.85. The molecule has 21 heavy (non-hydrogen) atoms. The highest BCUT2D eigenvalue weighted by molar-refractivity contribution is 9.10. The standard InChI is InChI=1S/C15H12BrClN2O2/c16-12-3-1-2-4-13(12)19-15(21)14(20)18-9-10-5-7-11(17)8-6-10/h1-8H,9H2,(H,18,20)(H,19,21). The van der Waals surface area contributed by atoms with E-state index in [4.69, 9.17) is 11.6 Å². The first-order valence-corrected chi connectivity index (χ1v) is 7.31. The summed E-state index contributed by atoms with van der Waals surface area (Å²) in [4.78, 5) is 23.5. The number of carbonyl (C=O) groups excluding carboxylic acids is 2. The zero-order valence-corrected chi connectivity index (χ0v) is 13.2. The number of anilines is 1. The fraction of sp³-hybridized carbons (Fsp3) is 0.0667. The lowest BCUT2D eigenvalue weighted by Gasteiger charge is -2.08. The molecule has 0 aliphatic carbocycles. The lowest BCUT2D eigenvalue weighted by molar-refractivity contribution is -0.136. The van der Waals surface area contributed by atoms with Crippen molar-refractivity contribution in [2.75, 3.05) is 5.32 Å². The van der Waals surface area contributed by atoms with Gasteiger partial charge in [-0.2, -0.15) is 0 Å². The van der Waals surface area contributed by atoms with E-state index in [1.165, 1.54) is 0 Å². The van der Waals surface area contributed by atoms with Crippen molar-refractivity contribution in [3.63, 3.8) is 0 Å². The fourth-order valence-corrected chi connectivity index (χ4v) is 2.12. The highest BCUT2D eigenvalue weighted by atomic mass is 79.9. The molecule has 6 heteroatoms. The zero-order chi connectivity index (χ0) is 15.2. The summed E-state index contributed by atoms with van der Waals surface area (Å²) in [6.07, 6.45) is 0. The Morgan fingerprint density at radius 1 is 1.00 bits per heavy atom. The van der Waals surface area contributed by atoms with Gasteiger partial charge < -0.3 is 10.6 Å². The van der Waals surface area contributed by atoms with Crippen LogP contribution in [0.25, 0.3) is 0 Å². The fourth-order valence-electron chi connectivity index (χ4n) is 1.61. The maximum absolute atomic E-state index is 11.8. The van der Waals surface area contributed by atoms with Crippen LogP contribution in [0.2, 0.25) is 5.02 Å². The second kappa shape index (κ2) is 7.24. The summed E-state index contributed by atoms with van der Waals surface area (Å²) in [5, 5.41) is 5.71. The summed E-state index contributed by atoms with van der Waals surface area (Å²) in [5.74, 6) is -1.41. The number of para-hydroxylation sites is 1. The molecule has 0 aromatic heterocycles. The second-order valence-corrected chi connectivity index (χ2v) is 5.53. The van der Waals surface area contributed by atoms with Crippen molar-refractivity contribution in [2.45, 2.75) is 6.54 Å². The minimum Gasteiger partial charge on any atom is -0.344 e. The van der Waals surface area contributed by atoms with Crippen LogP contribution in [0.1, 0.15) is 5.56 Å². The monoisotopic (exact) mass is 366 g/mol. The van der Waals surface area contributed by atoms with Crippen LogP contribution >= 0.6 is 27.5 Å². The van der Waals surface area contributed by atoms with Crippen molar-refractivity contribution in [1.82, 2.24) is 5.32 Å². The quantitative estimate of drug-likeness (QED) is 0.817. The third kappa shape index (κ3) is 4.58. The average molecular weight is 368 g/mol. The van der Waals surface area contributed by atoms with Crippen molar-refractivity contribution >= 4 is 45.0 Å². The molecule has 4 nitrogen and oxygen atoms in total. The van der Waals surface area contributed by atoms with Crippen molar-refractivity contribution in [3.05, 3.63) is 63.6 Å². The molecule has 2 amide bonds. The molecule has 0 aliphatic heterocycles. The van der Waals surface area contributed by atoms with Crippen LogP contribution in [0.15, 0.2) is 53.0 Å². The molecule has 0 spiro atoms. The number of hydrogen-bond acceptors (Lipinski definition) is 2. The second-order valence-electron chi connectivity index (χ2n) is 4.24. The number of benzene rings is 2. The Labute approximate surface area is 135 Å². The van der Waals surface area contributed by atoms with Gasteiger partial charge in [0.25, 0.3) is 0 Å². The first-order chi connectivity index (χ1) is 10.1. The van der Waals surface area contributed by atoms with E-state index in [9.17, 15) is 9.59 Å². The van der Waals surface area contributed by atoms with E-state index in [1.54, 1.807) is 42.5 Å². The molecule has 2 N–H and O–H groups in total. The summed E-state index contributed by atoms with van der Waals surface area (Å²) in [5.41, 5.74) is 1.41. The highest BCUT2D eigenvalue weighted by Gasteiger charge is 2.14. The van der Waals surface area contributed by atoms with Gasteiger partial charge in [0.15, 0.2) is 0 Å². The van der Waals surface area contributed by atoms with E-state index in [0.717, 1.165) is 5.56 Å². The molecule has 2 rings (SSSR count). The van der Waals surface area contributed by atoms with Gasteiger partial charge in [-0.1, -0.05) is 35.9 Å². The molecule has 0 fully saturated rings. The normalized spacial score (nSPS) is 10.0. The van der Waals surface area contributed by atoms with Crippen LogP contribution in [0, 0.1) is 0 Å². The Morgan fingerprint density at radius 2 is 1.67 bits per heavy atom. The van der Waals surface area contributed by atoms with Crippen LogP contribution in [0.5, 0.6) is 0 Å². The molecule has 0 saturated heterocycles. The first kappa shape index (κ1) is 15.5. The van der Waals surface area contributed by atoms with E-state index >= 15 is 0 Å². The van der Waals surface area contributed by atoms with Crippen molar-refractivity contribution < 1.29 is 9.59 Å². The summed E-state index contributed by atoms with van der Waals surface area (Å²) >= 11 is 9.07. The van der Waals surface area contributed by atoms with E-state index in [2.05, 4.69) is 26.6 Å². The predicted octanol–water partition coefficient (Wildman–Crippen LogP) is 3.36. The molecule has 0 atom stereocenters. The predicted molar refractivity (Wildman–Crippen MR) is 86.1 cm³/mol. The minimum absolute atomic E-state index is 0.263. The molecule has 0 bridgehead atoms. The van der Waals surface area contributed by atoms with E-state index in [1.807, 2.05) is 6.07 Å². The van der Waals surface area contributed by atoms with Gasteiger partial charge in [0, 0.05) is 16.0 Å². The van der Waals surface area contributed by atoms with Crippen molar-refractivity contribution in [2.24, 2.45) is 0 Å². The molecule has 0 heterocycles. The largest absolute Gasteiger partial charge is 0.344 e. The number of amides is 2. The van der Waals surface area contributed by atoms with Crippen LogP contribution in [-0.2, 0) is 16.1 Å². The molecule has 2 aromatic rings. The number of carbonyl (C=O) groups is 2. The molecular weight excluding hydrogens is 356 g/mol. The first-order valence-electron chi connectivity index (χ1n) is 6.14. The third-order valence-electron chi connectivity index (χ3n) is 2.69. The molecule has 0 unspecified atom stereocenters. The lowest BCUT2D eigenvalue weighted by atomic mass is 10.2. The SMILES string of the molecule is O=C(NCc1ccc(Cl)cc1)C(=O)Nc1ccccc1Br. The van der Waals surface area contributed by atoms with Crippen LogP contribution < -0.4 is 10.6 Å². The Morgan fingerprint density at radius 3 is 2.33 bits per heavy atom. The maximum atomic E-state index is 11.8. The van der Waals surface area contributed by atoms with Crippen molar-refractivity contribution in [3.8, 4) is 0 Å². The molecule has 0 aliphatic rings. The summed E-state index contributed by atoms with van der Waals surface area (Å²) in [6.45, 7) is 0.263. The maximum Gasteiger partial charge on any atom is 0.313 e. The number of hydrogen-bond donors (Lipinski definition) is 2. The number of rotatable bonds is 3. The van der Waals surface area contributed by atoms with Gasteiger partial charge in [-0.15, -0.1) is 0 Å². The van der Waals surface area contributed by atoms with E-state index in [0.29, 0.717) is 15.2 Å². The molecular formula is C15H12BrClN2O2. The van der Waals surface area contributed by atoms with Gasteiger partial charge in [-0.25, -0.2) is 0 Å². The summed E-state index contributed by atoms with van der Waals surface area (Å²) in [7, 11) is 0. The van der Waals surface area contributed by atoms with Gasteiger partial charge >= 0.3 is 11.8 Å². The Bertz CT molecular complexity index is 659. The molecule has 0 saturated carbocycles. The lowest BCUT2D eigenvalue weighted by Crippen LogP contribution is -2.35. The van der Waals surface area contributed by atoms with Gasteiger partial charge in [-0.05, 0) is 45.8 Å². The summed E-state index contributed by atoms with van der Waals surface area (Å²) < 4.78 is 0.712. The Kier molecular flexibility index (Phi) is 5.36. The molecule has 0 radical (unpaired) electrons. The number of halogens is 2. The Balaban J connectivity index is 1.90. The van der Waals surface area contributed by atoms with Crippen molar-refractivity contribution in [1.29, 1.82) is 0 Å². The van der Waals surface area contributed by atoms with Crippen LogP contribution in [0.4, 0.5) is 5.69 Å². The molecule has 2 aromatic carbocycles. The number of nitrogens with one attached hydrogen (secondary N) is 2. The molecule has 108 valence electrons. The van der Waals surface area contributed by atoms with Gasteiger partial charge in [0.1, 0.15) is 0 Å². The van der Waals surface area contributed by atoms with E-state index in [-0.39, 0.29) is 6.54 Å². The average Bonchev–Trinajstić information content (AvgIpc) is 2.48. The topological polar surface area (TPSA) is 58.2 Å². The zero-order valence-electron chi connectivity index (χ0n) is 10.9. The van der Waals surface area contributed by atoms with Crippen LogP contribution in [0.3, 0.4) is 0 Å².